The predicted octanol–water partition coefficient (Wildman–Crippen LogP) is 3.87. The van der Waals surface area contributed by atoms with Crippen LogP contribution in [0.5, 0.6) is 0 Å². The van der Waals surface area contributed by atoms with Gasteiger partial charge < -0.3 is 10.2 Å². The van der Waals surface area contributed by atoms with Gasteiger partial charge in [-0.1, -0.05) is 29.1 Å². The molecule has 1 fully saturated rings. The predicted molar refractivity (Wildman–Crippen MR) is 78.6 cm³/mol. The Morgan fingerprint density at radius 2 is 2.21 bits per heavy atom. The summed E-state index contributed by atoms with van der Waals surface area (Å²) < 4.78 is 0. The van der Waals surface area contributed by atoms with Gasteiger partial charge in [-0.2, -0.15) is 0 Å². The second kappa shape index (κ2) is 6.18. The monoisotopic (exact) mass is 296 g/mol. The zero-order valence-electron chi connectivity index (χ0n) is 10.3. The van der Waals surface area contributed by atoms with Crippen LogP contribution in [-0.2, 0) is 0 Å². The van der Waals surface area contributed by atoms with Gasteiger partial charge in [0.05, 0.1) is 17.3 Å². The van der Waals surface area contributed by atoms with E-state index >= 15 is 0 Å². The Bertz CT molecular complexity index is 521. The zero-order valence-corrected chi connectivity index (χ0v) is 11.8. The third-order valence-corrected chi connectivity index (χ3v) is 3.48. The second-order valence-corrected chi connectivity index (χ2v) is 5.43. The molecule has 0 aromatic heterocycles. The van der Waals surface area contributed by atoms with Crippen molar-refractivity contribution in [2.24, 2.45) is 5.92 Å². The molecule has 0 heterocycles. The van der Waals surface area contributed by atoms with Crippen molar-refractivity contribution in [2.75, 3.05) is 18.4 Å². The molecule has 0 saturated heterocycles. The van der Waals surface area contributed by atoms with E-state index in [1.807, 2.05) is 0 Å². The largest absolute Gasteiger partial charge is 0.322 e. The molecule has 2 amide bonds. The van der Waals surface area contributed by atoms with Crippen molar-refractivity contribution >= 4 is 34.9 Å². The van der Waals surface area contributed by atoms with Crippen molar-refractivity contribution in [3.63, 3.8) is 0 Å². The topological polar surface area (TPSA) is 32.3 Å². The van der Waals surface area contributed by atoms with Gasteiger partial charge >= 0.3 is 6.03 Å². The summed E-state index contributed by atoms with van der Waals surface area (Å²) in [7, 11) is 0. The first-order chi connectivity index (χ1) is 9.10. The van der Waals surface area contributed by atoms with Gasteiger partial charge in [-0.15, -0.1) is 6.42 Å². The molecule has 19 heavy (non-hydrogen) atoms. The molecule has 1 aliphatic rings. The van der Waals surface area contributed by atoms with Crippen molar-refractivity contribution in [3.05, 3.63) is 28.2 Å². The van der Waals surface area contributed by atoms with E-state index in [0.29, 0.717) is 34.7 Å². The third-order valence-electron chi connectivity index (χ3n) is 2.91. The van der Waals surface area contributed by atoms with Crippen LogP contribution in [-0.4, -0.2) is 24.0 Å². The van der Waals surface area contributed by atoms with Crippen LogP contribution < -0.4 is 5.32 Å². The summed E-state index contributed by atoms with van der Waals surface area (Å²) in [5.74, 6) is 3.08. The molecule has 1 saturated carbocycles. The number of urea groups is 1. The molecule has 0 bridgehead atoms. The number of rotatable bonds is 4. The maximum absolute atomic E-state index is 12.1. The van der Waals surface area contributed by atoms with E-state index in [4.69, 9.17) is 29.6 Å². The first-order valence-electron chi connectivity index (χ1n) is 6.04. The van der Waals surface area contributed by atoms with Crippen LogP contribution in [0.15, 0.2) is 18.2 Å². The summed E-state index contributed by atoms with van der Waals surface area (Å²) >= 11 is 11.9. The number of carbonyl (C=O) groups is 1. The minimum Gasteiger partial charge on any atom is -0.313 e. The number of hydrogen-bond donors (Lipinski definition) is 1. The molecule has 0 radical (unpaired) electrons. The lowest BCUT2D eigenvalue weighted by molar-refractivity contribution is 0.216. The van der Waals surface area contributed by atoms with Crippen molar-refractivity contribution < 1.29 is 4.79 Å². The Kier molecular flexibility index (Phi) is 4.57. The summed E-state index contributed by atoms with van der Waals surface area (Å²) in [6.45, 7) is 0.981. The van der Waals surface area contributed by atoms with Crippen LogP contribution in [0.1, 0.15) is 12.8 Å². The second-order valence-electron chi connectivity index (χ2n) is 4.58. The average Bonchev–Trinajstić information content (AvgIpc) is 3.17. The van der Waals surface area contributed by atoms with Crippen molar-refractivity contribution in [2.45, 2.75) is 12.8 Å². The van der Waals surface area contributed by atoms with Crippen molar-refractivity contribution in [1.29, 1.82) is 0 Å². The van der Waals surface area contributed by atoms with Gasteiger partial charge in [0.15, 0.2) is 0 Å². The van der Waals surface area contributed by atoms with Gasteiger partial charge in [-0.3, -0.25) is 0 Å². The van der Waals surface area contributed by atoms with E-state index in [0.717, 1.165) is 12.8 Å². The van der Waals surface area contributed by atoms with Gasteiger partial charge in [0.25, 0.3) is 0 Å². The number of amides is 2. The summed E-state index contributed by atoms with van der Waals surface area (Å²) in [5, 5.41) is 3.71. The SMILES string of the molecule is C#CCN(CC1CC1)C(=O)Nc1cc(Cl)ccc1Cl. The van der Waals surface area contributed by atoms with Crippen molar-refractivity contribution in [3.8, 4) is 12.3 Å². The molecule has 1 aliphatic carbocycles. The van der Waals surface area contributed by atoms with Gasteiger partial charge in [0.1, 0.15) is 0 Å². The molecule has 1 N–H and O–H groups in total. The molecule has 0 atom stereocenters. The normalized spacial score (nSPS) is 13.7. The van der Waals surface area contributed by atoms with Crippen molar-refractivity contribution in [1.82, 2.24) is 4.90 Å². The highest BCUT2D eigenvalue weighted by Crippen LogP contribution is 2.30. The highest BCUT2D eigenvalue weighted by Gasteiger charge is 2.26. The first kappa shape index (κ1) is 14.0. The summed E-state index contributed by atoms with van der Waals surface area (Å²) in [6, 6.07) is 4.69. The fourth-order valence-electron chi connectivity index (χ4n) is 1.73. The van der Waals surface area contributed by atoms with E-state index in [1.165, 1.54) is 0 Å². The molecule has 2 rings (SSSR count). The maximum Gasteiger partial charge on any atom is 0.322 e. The number of carbonyl (C=O) groups excluding carboxylic acids is 1. The Morgan fingerprint density at radius 3 is 2.84 bits per heavy atom. The quantitative estimate of drug-likeness (QED) is 0.841. The van der Waals surface area contributed by atoms with E-state index in [9.17, 15) is 4.79 Å². The first-order valence-corrected chi connectivity index (χ1v) is 6.80. The van der Waals surface area contributed by atoms with E-state index in [2.05, 4.69) is 11.2 Å². The lowest BCUT2D eigenvalue weighted by Crippen LogP contribution is -2.36. The van der Waals surface area contributed by atoms with Crippen LogP contribution in [0.3, 0.4) is 0 Å². The molecule has 0 spiro atoms. The highest BCUT2D eigenvalue weighted by atomic mass is 35.5. The fraction of sp³-hybridized carbons (Fsp3) is 0.357. The number of nitrogens with zero attached hydrogens (tertiary/aromatic N) is 1. The number of anilines is 1. The summed E-state index contributed by atoms with van der Waals surface area (Å²) in [4.78, 5) is 13.8. The fourth-order valence-corrected chi connectivity index (χ4v) is 2.07. The Balaban J connectivity index is 2.04. The van der Waals surface area contributed by atoms with Gasteiger partial charge in [0, 0.05) is 11.6 Å². The molecule has 0 unspecified atom stereocenters. The molecule has 1 aromatic carbocycles. The van der Waals surface area contributed by atoms with Crippen LogP contribution in [0.2, 0.25) is 10.0 Å². The van der Waals surface area contributed by atoms with E-state index in [-0.39, 0.29) is 6.03 Å². The summed E-state index contributed by atoms with van der Waals surface area (Å²) in [5.41, 5.74) is 0.497. The Morgan fingerprint density at radius 1 is 1.47 bits per heavy atom. The molecule has 3 nitrogen and oxygen atoms in total. The minimum absolute atomic E-state index is 0.242. The average molecular weight is 297 g/mol. The number of benzene rings is 1. The number of halogens is 2. The molecular weight excluding hydrogens is 283 g/mol. The lowest BCUT2D eigenvalue weighted by atomic mass is 10.3. The smallest absolute Gasteiger partial charge is 0.313 e. The highest BCUT2D eigenvalue weighted by molar-refractivity contribution is 6.35. The number of nitrogens with one attached hydrogen (secondary N) is 1. The van der Waals surface area contributed by atoms with Gasteiger partial charge in [-0.05, 0) is 37.0 Å². The molecule has 100 valence electrons. The van der Waals surface area contributed by atoms with Crippen LogP contribution in [0.25, 0.3) is 0 Å². The van der Waals surface area contributed by atoms with Crippen LogP contribution in [0.4, 0.5) is 10.5 Å². The molecule has 0 aliphatic heterocycles. The number of terminal acetylenes is 1. The number of hydrogen-bond acceptors (Lipinski definition) is 1. The van der Waals surface area contributed by atoms with Crippen LogP contribution >= 0.6 is 23.2 Å². The van der Waals surface area contributed by atoms with E-state index < -0.39 is 0 Å². The Labute approximate surface area is 122 Å². The van der Waals surface area contributed by atoms with Crippen LogP contribution in [0, 0.1) is 18.3 Å². The van der Waals surface area contributed by atoms with E-state index in [1.54, 1.807) is 23.1 Å². The van der Waals surface area contributed by atoms with Gasteiger partial charge in [0.2, 0.25) is 0 Å². The summed E-state index contributed by atoms with van der Waals surface area (Å²) in [6.07, 6.45) is 7.61. The molecular formula is C14H14Cl2N2O. The molecule has 5 heteroatoms. The standard InChI is InChI=1S/C14H14Cl2N2O/c1-2-7-18(9-10-3-4-10)14(19)17-13-8-11(15)5-6-12(13)16/h1,5-6,8,10H,3-4,7,9H2,(H,17,19). The zero-order chi connectivity index (χ0) is 13.8. The lowest BCUT2D eigenvalue weighted by Gasteiger charge is -2.21. The van der Waals surface area contributed by atoms with Gasteiger partial charge in [-0.25, -0.2) is 4.79 Å². The third kappa shape index (κ3) is 4.05. The Hall–Kier alpha value is -1.37. The molecule has 1 aromatic rings. The minimum atomic E-state index is -0.242. The maximum atomic E-state index is 12.1.